The Hall–Kier alpha value is -2.33. The smallest absolute Gasteiger partial charge is 0.267 e. The normalized spacial score (nSPS) is 10.8. The van der Waals surface area contributed by atoms with Crippen LogP contribution >= 0.6 is 0 Å². The van der Waals surface area contributed by atoms with Crippen LogP contribution in [0.1, 0.15) is 11.3 Å². The number of aromatic nitrogens is 1. The van der Waals surface area contributed by atoms with Crippen molar-refractivity contribution in [1.29, 1.82) is 0 Å². The third-order valence-electron chi connectivity index (χ3n) is 2.86. The predicted molar refractivity (Wildman–Crippen MR) is 73.5 cm³/mol. The van der Waals surface area contributed by atoms with Crippen LogP contribution in [0.3, 0.4) is 0 Å². The fraction of sp³-hybridized carbons (Fsp3) is 0.133. The lowest BCUT2D eigenvalue weighted by atomic mass is 10.1. The molecule has 2 N–H and O–H groups in total. The van der Waals surface area contributed by atoms with E-state index in [1.807, 2.05) is 36.5 Å². The van der Waals surface area contributed by atoms with E-state index < -0.39 is 5.91 Å². The van der Waals surface area contributed by atoms with E-state index in [0.717, 1.165) is 18.7 Å². The van der Waals surface area contributed by atoms with Crippen molar-refractivity contribution < 1.29 is 10.0 Å². The van der Waals surface area contributed by atoms with Crippen LogP contribution in [0.15, 0.2) is 54.7 Å². The second kappa shape index (κ2) is 6.56. The van der Waals surface area contributed by atoms with Gasteiger partial charge >= 0.3 is 0 Å². The standard InChI is InChI=1S/C15H16N2O2/c18-15(16-19)9-8-14-7-4-11-17(14)12-10-13-5-2-1-3-6-13/h1-9,11,19H,10,12H2,(H,16,18)/b9-8+. The van der Waals surface area contributed by atoms with Crippen molar-refractivity contribution in [2.24, 2.45) is 0 Å². The molecule has 19 heavy (non-hydrogen) atoms. The van der Waals surface area contributed by atoms with Gasteiger partial charge in [0.15, 0.2) is 0 Å². The zero-order valence-corrected chi connectivity index (χ0v) is 10.5. The summed E-state index contributed by atoms with van der Waals surface area (Å²) >= 11 is 0. The number of rotatable bonds is 5. The zero-order valence-electron chi connectivity index (χ0n) is 10.5. The molecule has 2 rings (SSSR count). The molecule has 0 fully saturated rings. The summed E-state index contributed by atoms with van der Waals surface area (Å²) in [4.78, 5) is 10.9. The van der Waals surface area contributed by atoms with E-state index >= 15 is 0 Å². The Balaban J connectivity index is 2.00. The fourth-order valence-corrected chi connectivity index (χ4v) is 1.87. The van der Waals surface area contributed by atoms with Crippen molar-refractivity contribution in [3.05, 3.63) is 66.0 Å². The fourth-order valence-electron chi connectivity index (χ4n) is 1.87. The predicted octanol–water partition coefficient (Wildman–Crippen LogP) is 2.25. The Morgan fingerprint density at radius 2 is 2.00 bits per heavy atom. The highest BCUT2D eigenvalue weighted by molar-refractivity contribution is 5.90. The molecule has 0 aliphatic heterocycles. The van der Waals surface area contributed by atoms with Gasteiger partial charge in [0, 0.05) is 24.5 Å². The summed E-state index contributed by atoms with van der Waals surface area (Å²) in [6.07, 6.45) is 5.88. The Bertz CT molecular complexity index is 559. The molecule has 1 aromatic carbocycles. The highest BCUT2D eigenvalue weighted by Gasteiger charge is 1.99. The van der Waals surface area contributed by atoms with Gasteiger partial charge in [-0.15, -0.1) is 0 Å². The largest absolute Gasteiger partial charge is 0.348 e. The molecule has 2 aromatic rings. The number of hydrogen-bond donors (Lipinski definition) is 2. The molecule has 0 unspecified atom stereocenters. The van der Waals surface area contributed by atoms with Gasteiger partial charge in [0.25, 0.3) is 5.91 Å². The first-order chi connectivity index (χ1) is 9.29. The summed E-state index contributed by atoms with van der Waals surface area (Å²) in [6.45, 7) is 0.845. The van der Waals surface area contributed by atoms with Gasteiger partial charge in [-0.2, -0.15) is 0 Å². The molecular formula is C15H16N2O2. The van der Waals surface area contributed by atoms with Crippen LogP contribution in [0.2, 0.25) is 0 Å². The maximum atomic E-state index is 10.9. The Kier molecular flexibility index (Phi) is 4.53. The lowest BCUT2D eigenvalue weighted by Gasteiger charge is -2.06. The number of carbonyl (C=O) groups is 1. The molecule has 0 aliphatic carbocycles. The minimum absolute atomic E-state index is 0.532. The van der Waals surface area contributed by atoms with Gasteiger partial charge in [-0.25, -0.2) is 5.48 Å². The number of benzene rings is 1. The average Bonchev–Trinajstić information content (AvgIpc) is 2.91. The summed E-state index contributed by atoms with van der Waals surface area (Å²) in [7, 11) is 0. The first-order valence-electron chi connectivity index (χ1n) is 6.11. The topological polar surface area (TPSA) is 54.3 Å². The summed E-state index contributed by atoms with van der Waals surface area (Å²) < 4.78 is 2.06. The first kappa shape index (κ1) is 13.1. The number of aryl methyl sites for hydroxylation is 2. The van der Waals surface area contributed by atoms with E-state index in [2.05, 4.69) is 16.7 Å². The average molecular weight is 256 g/mol. The minimum Gasteiger partial charge on any atom is -0.348 e. The van der Waals surface area contributed by atoms with Crippen LogP contribution in [0.25, 0.3) is 6.08 Å². The third kappa shape index (κ3) is 3.82. The van der Waals surface area contributed by atoms with Crippen molar-refractivity contribution >= 4 is 12.0 Å². The quantitative estimate of drug-likeness (QED) is 0.490. The lowest BCUT2D eigenvalue weighted by molar-refractivity contribution is -0.124. The molecule has 1 heterocycles. The maximum absolute atomic E-state index is 10.9. The SMILES string of the molecule is O=C(/C=C/c1cccn1CCc1ccccc1)NO. The van der Waals surface area contributed by atoms with Crippen LogP contribution in [-0.2, 0) is 17.8 Å². The van der Waals surface area contributed by atoms with Gasteiger partial charge in [-0.1, -0.05) is 30.3 Å². The first-order valence-corrected chi connectivity index (χ1v) is 6.11. The van der Waals surface area contributed by atoms with Crippen molar-refractivity contribution in [2.75, 3.05) is 0 Å². The molecule has 1 amide bonds. The van der Waals surface area contributed by atoms with Crippen molar-refractivity contribution in [1.82, 2.24) is 10.0 Å². The molecular weight excluding hydrogens is 240 g/mol. The highest BCUT2D eigenvalue weighted by atomic mass is 16.5. The van der Waals surface area contributed by atoms with Gasteiger partial charge in [0.2, 0.25) is 0 Å². The number of nitrogens with one attached hydrogen (secondary N) is 1. The van der Waals surface area contributed by atoms with E-state index in [1.54, 1.807) is 11.6 Å². The van der Waals surface area contributed by atoms with E-state index in [0.29, 0.717) is 0 Å². The summed E-state index contributed by atoms with van der Waals surface area (Å²) in [5.74, 6) is -0.532. The van der Waals surface area contributed by atoms with Crippen LogP contribution in [0, 0.1) is 0 Å². The summed E-state index contributed by atoms with van der Waals surface area (Å²) in [6, 6.07) is 14.1. The lowest BCUT2D eigenvalue weighted by Crippen LogP contribution is -2.15. The zero-order chi connectivity index (χ0) is 13.5. The monoisotopic (exact) mass is 256 g/mol. The Morgan fingerprint density at radius 1 is 1.21 bits per heavy atom. The molecule has 0 radical (unpaired) electrons. The van der Waals surface area contributed by atoms with Crippen molar-refractivity contribution in [3.8, 4) is 0 Å². The van der Waals surface area contributed by atoms with Gasteiger partial charge in [0.1, 0.15) is 0 Å². The molecule has 4 heteroatoms. The second-order valence-corrected chi connectivity index (χ2v) is 4.17. The van der Waals surface area contributed by atoms with Gasteiger partial charge in [-0.05, 0) is 30.2 Å². The van der Waals surface area contributed by atoms with Gasteiger partial charge in [0.05, 0.1) is 0 Å². The molecule has 0 atom stereocenters. The minimum atomic E-state index is -0.532. The number of amides is 1. The Morgan fingerprint density at radius 3 is 2.74 bits per heavy atom. The van der Waals surface area contributed by atoms with E-state index in [4.69, 9.17) is 5.21 Å². The van der Waals surface area contributed by atoms with E-state index in [9.17, 15) is 4.79 Å². The van der Waals surface area contributed by atoms with Crippen molar-refractivity contribution in [3.63, 3.8) is 0 Å². The number of carbonyl (C=O) groups excluding carboxylic acids is 1. The number of hydrogen-bond acceptors (Lipinski definition) is 2. The maximum Gasteiger partial charge on any atom is 0.267 e. The Labute approximate surface area is 112 Å². The van der Waals surface area contributed by atoms with Crippen molar-refractivity contribution in [2.45, 2.75) is 13.0 Å². The number of nitrogens with zero attached hydrogens (tertiary/aromatic N) is 1. The van der Waals surface area contributed by atoms with E-state index in [-0.39, 0.29) is 0 Å². The molecule has 0 saturated carbocycles. The van der Waals surface area contributed by atoms with Crippen LogP contribution in [-0.4, -0.2) is 15.7 Å². The molecule has 0 bridgehead atoms. The molecule has 0 spiro atoms. The van der Waals surface area contributed by atoms with E-state index in [1.165, 1.54) is 11.6 Å². The van der Waals surface area contributed by atoms with Crippen LogP contribution < -0.4 is 5.48 Å². The molecule has 0 saturated heterocycles. The molecule has 98 valence electrons. The van der Waals surface area contributed by atoms with Crippen LogP contribution in [0.4, 0.5) is 0 Å². The number of hydroxylamine groups is 1. The summed E-state index contributed by atoms with van der Waals surface area (Å²) in [5, 5.41) is 8.43. The third-order valence-corrected chi connectivity index (χ3v) is 2.86. The van der Waals surface area contributed by atoms with Crippen LogP contribution in [0.5, 0.6) is 0 Å². The van der Waals surface area contributed by atoms with Gasteiger partial charge in [-0.3, -0.25) is 10.0 Å². The highest BCUT2D eigenvalue weighted by Crippen LogP contribution is 2.08. The molecule has 4 nitrogen and oxygen atoms in total. The molecule has 0 aliphatic rings. The van der Waals surface area contributed by atoms with Gasteiger partial charge < -0.3 is 4.57 Å². The second-order valence-electron chi connectivity index (χ2n) is 4.17. The summed E-state index contributed by atoms with van der Waals surface area (Å²) in [5.41, 5.74) is 3.78. The molecule has 1 aromatic heterocycles.